The second kappa shape index (κ2) is 6.59. The molecule has 1 aliphatic carbocycles. The summed E-state index contributed by atoms with van der Waals surface area (Å²) in [4.78, 5) is 19.3. The molecule has 0 bridgehead atoms. The molecule has 1 fully saturated rings. The fraction of sp³-hybridized carbons (Fsp3) is 0.526. The van der Waals surface area contributed by atoms with E-state index in [1.54, 1.807) is 6.20 Å². The molecule has 25 heavy (non-hydrogen) atoms. The summed E-state index contributed by atoms with van der Waals surface area (Å²) in [5.74, 6) is 0.722. The van der Waals surface area contributed by atoms with Crippen LogP contribution in [-0.4, -0.2) is 45.3 Å². The van der Waals surface area contributed by atoms with E-state index >= 15 is 0 Å². The highest BCUT2D eigenvalue weighted by Gasteiger charge is 2.34. The van der Waals surface area contributed by atoms with Crippen LogP contribution in [-0.2, 0) is 18.2 Å². The van der Waals surface area contributed by atoms with Gasteiger partial charge in [0.1, 0.15) is 0 Å². The molecule has 4 rings (SSSR count). The highest BCUT2D eigenvalue weighted by molar-refractivity contribution is 5.94. The van der Waals surface area contributed by atoms with E-state index in [2.05, 4.69) is 10.1 Å². The number of hydrogen-bond donors (Lipinski definition) is 0. The largest absolute Gasteiger partial charge is 0.379 e. The Morgan fingerprint density at radius 1 is 1.28 bits per heavy atom. The van der Waals surface area contributed by atoms with Crippen LogP contribution < -0.4 is 0 Å². The second-order valence-corrected chi connectivity index (χ2v) is 7.11. The van der Waals surface area contributed by atoms with E-state index in [0.29, 0.717) is 24.6 Å². The lowest BCUT2D eigenvalue weighted by Crippen LogP contribution is -2.42. The van der Waals surface area contributed by atoms with Gasteiger partial charge in [-0.05, 0) is 49.8 Å². The summed E-state index contributed by atoms with van der Waals surface area (Å²) in [5.41, 5.74) is 3.85. The molecule has 6 heteroatoms. The van der Waals surface area contributed by atoms with E-state index in [-0.39, 0.29) is 11.9 Å². The van der Waals surface area contributed by atoms with Gasteiger partial charge in [-0.25, -0.2) is 0 Å². The maximum absolute atomic E-state index is 13.1. The van der Waals surface area contributed by atoms with Gasteiger partial charge in [-0.15, -0.1) is 0 Å². The van der Waals surface area contributed by atoms with Crippen molar-refractivity contribution in [1.82, 2.24) is 19.7 Å². The topological polar surface area (TPSA) is 60.2 Å². The average molecular weight is 340 g/mol. The van der Waals surface area contributed by atoms with E-state index in [0.717, 1.165) is 24.4 Å². The van der Waals surface area contributed by atoms with E-state index in [1.165, 1.54) is 18.4 Å². The predicted molar refractivity (Wildman–Crippen MR) is 93.2 cm³/mol. The minimum absolute atomic E-state index is 0.0133. The lowest BCUT2D eigenvalue weighted by Gasteiger charge is -2.36. The molecule has 0 N–H and O–H groups in total. The quantitative estimate of drug-likeness (QED) is 0.838. The van der Waals surface area contributed by atoms with Gasteiger partial charge in [0.15, 0.2) is 0 Å². The van der Waals surface area contributed by atoms with Crippen LogP contribution in [0.4, 0.5) is 0 Å². The smallest absolute Gasteiger partial charge is 0.256 e. The molecular weight excluding hydrogens is 316 g/mol. The molecule has 3 heterocycles. The molecular formula is C19H24N4O2. The number of pyridine rings is 1. The van der Waals surface area contributed by atoms with Gasteiger partial charge >= 0.3 is 0 Å². The lowest BCUT2D eigenvalue weighted by molar-refractivity contribution is 0.0348. The number of carbonyl (C=O) groups is 1. The third-order valence-corrected chi connectivity index (χ3v) is 5.12. The van der Waals surface area contributed by atoms with Crippen LogP contribution in [0.15, 0.2) is 24.5 Å². The summed E-state index contributed by atoms with van der Waals surface area (Å²) < 4.78 is 7.85. The summed E-state index contributed by atoms with van der Waals surface area (Å²) >= 11 is 0. The molecule has 0 aromatic carbocycles. The number of fused-ring (bicyclic) bond motifs is 1. The number of hydrogen-bond acceptors (Lipinski definition) is 4. The zero-order chi connectivity index (χ0) is 17.4. The maximum atomic E-state index is 13.1. The molecule has 2 aromatic rings. The summed E-state index contributed by atoms with van der Waals surface area (Å²) in [6.45, 7) is 3.92. The first-order chi connectivity index (χ1) is 12.1. The SMILES string of the molecule is Cc1ccc(C(=O)N2CCc3cnn(C)c3C2COCC2CC2)cn1. The van der Waals surface area contributed by atoms with Gasteiger partial charge in [0, 0.05) is 32.1 Å². The van der Waals surface area contributed by atoms with Gasteiger partial charge in [-0.1, -0.05) is 0 Å². The molecule has 132 valence electrons. The molecule has 2 aromatic heterocycles. The third-order valence-electron chi connectivity index (χ3n) is 5.12. The molecule has 0 saturated heterocycles. The highest BCUT2D eigenvalue weighted by atomic mass is 16.5. The summed E-state index contributed by atoms with van der Waals surface area (Å²) in [6.07, 6.45) is 6.93. The number of amides is 1. The standard InChI is InChI=1S/C19H24N4O2/c1-13-3-6-16(9-20-13)19(24)23-8-7-15-10-21-22(2)18(15)17(23)12-25-11-14-4-5-14/h3,6,9-10,14,17H,4-5,7-8,11-12H2,1-2H3. The van der Waals surface area contributed by atoms with E-state index in [1.807, 2.05) is 41.9 Å². The molecule has 6 nitrogen and oxygen atoms in total. The van der Waals surface area contributed by atoms with Gasteiger partial charge in [0.25, 0.3) is 5.91 Å². The normalized spacial score (nSPS) is 19.8. The monoisotopic (exact) mass is 340 g/mol. The number of carbonyl (C=O) groups excluding carboxylic acids is 1. The molecule has 0 spiro atoms. The van der Waals surface area contributed by atoms with Crippen molar-refractivity contribution in [3.8, 4) is 0 Å². The van der Waals surface area contributed by atoms with Crippen molar-refractivity contribution in [2.75, 3.05) is 19.8 Å². The first kappa shape index (κ1) is 16.3. The Morgan fingerprint density at radius 3 is 2.84 bits per heavy atom. The van der Waals surface area contributed by atoms with Crippen molar-refractivity contribution in [1.29, 1.82) is 0 Å². The van der Waals surface area contributed by atoms with Crippen LogP contribution in [0.1, 0.15) is 46.2 Å². The first-order valence-electron chi connectivity index (χ1n) is 8.95. The van der Waals surface area contributed by atoms with Gasteiger partial charge < -0.3 is 9.64 Å². The third kappa shape index (κ3) is 3.31. The Morgan fingerprint density at radius 2 is 2.12 bits per heavy atom. The maximum Gasteiger partial charge on any atom is 0.256 e. The van der Waals surface area contributed by atoms with E-state index in [9.17, 15) is 4.79 Å². The Labute approximate surface area is 147 Å². The number of aryl methyl sites for hydroxylation is 2. The molecule has 0 radical (unpaired) electrons. The zero-order valence-corrected chi connectivity index (χ0v) is 14.8. The van der Waals surface area contributed by atoms with Crippen LogP contribution in [0.3, 0.4) is 0 Å². The Balaban J connectivity index is 1.58. The van der Waals surface area contributed by atoms with Crippen LogP contribution in [0.2, 0.25) is 0 Å². The number of nitrogens with zero attached hydrogens (tertiary/aromatic N) is 4. The first-order valence-corrected chi connectivity index (χ1v) is 8.95. The molecule has 1 atom stereocenters. The fourth-order valence-corrected chi connectivity index (χ4v) is 3.46. The van der Waals surface area contributed by atoms with Crippen LogP contribution in [0.25, 0.3) is 0 Å². The van der Waals surface area contributed by atoms with Crippen LogP contribution >= 0.6 is 0 Å². The number of aromatic nitrogens is 3. The minimum Gasteiger partial charge on any atom is -0.379 e. The van der Waals surface area contributed by atoms with E-state index in [4.69, 9.17) is 4.74 Å². The van der Waals surface area contributed by atoms with Crippen molar-refractivity contribution in [2.45, 2.75) is 32.2 Å². The zero-order valence-electron chi connectivity index (χ0n) is 14.8. The molecule has 1 aliphatic heterocycles. The molecule has 1 saturated carbocycles. The van der Waals surface area contributed by atoms with Crippen molar-refractivity contribution in [3.05, 3.63) is 47.0 Å². The molecule has 1 unspecified atom stereocenters. The van der Waals surface area contributed by atoms with Crippen molar-refractivity contribution >= 4 is 5.91 Å². The van der Waals surface area contributed by atoms with Crippen LogP contribution in [0.5, 0.6) is 0 Å². The Bertz CT molecular complexity index is 764. The summed E-state index contributed by atoms with van der Waals surface area (Å²) in [5, 5.41) is 4.39. The predicted octanol–water partition coefficient (Wildman–Crippen LogP) is 2.29. The average Bonchev–Trinajstić information content (AvgIpc) is 3.36. The van der Waals surface area contributed by atoms with Gasteiger partial charge in [0.2, 0.25) is 0 Å². The van der Waals surface area contributed by atoms with Gasteiger partial charge in [-0.3, -0.25) is 14.5 Å². The molecule has 2 aliphatic rings. The van der Waals surface area contributed by atoms with Gasteiger partial charge in [0.05, 0.1) is 30.1 Å². The van der Waals surface area contributed by atoms with Crippen molar-refractivity contribution in [2.24, 2.45) is 13.0 Å². The van der Waals surface area contributed by atoms with Gasteiger partial charge in [-0.2, -0.15) is 5.10 Å². The Kier molecular flexibility index (Phi) is 4.29. The summed E-state index contributed by atoms with van der Waals surface area (Å²) in [6, 6.07) is 3.64. The van der Waals surface area contributed by atoms with Crippen molar-refractivity contribution in [3.63, 3.8) is 0 Å². The fourth-order valence-electron chi connectivity index (χ4n) is 3.46. The minimum atomic E-state index is -0.0937. The summed E-state index contributed by atoms with van der Waals surface area (Å²) in [7, 11) is 1.94. The Hall–Kier alpha value is -2.21. The van der Waals surface area contributed by atoms with E-state index < -0.39 is 0 Å². The van der Waals surface area contributed by atoms with Crippen LogP contribution in [0, 0.1) is 12.8 Å². The highest BCUT2D eigenvalue weighted by Crippen LogP contribution is 2.33. The molecule has 1 amide bonds. The number of ether oxygens (including phenoxy) is 1. The van der Waals surface area contributed by atoms with Crippen molar-refractivity contribution < 1.29 is 9.53 Å². The second-order valence-electron chi connectivity index (χ2n) is 7.11. The number of rotatable bonds is 5. The lowest BCUT2D eigenvalue weighted by atomic mass is 9.99.